The first-order valence-corrected chi connectivity index (χ1v) is 15.7. The fourth-order valence-electron chi connectivity index (χ4n) is 5.48. The van der Waals surface area contributed by atoms with E-state index in [9.17, 15) is 19.0 Å². The van der Waals surface area contributed by atoms with E-state index in [1.54, 1.807) is 52.0 Å². The molecule has 2 N–H and O–H groups in total. The summed E-state index contributed by atoms with van der Waals surface area (Å²) in [6.07, 6.45) is -0.947. The lowest BCUT2D eigenvalue weighted by Crippen LogP contribution is -2.44. The van der Waals surface area contributed by atoms with Crippen LogP contribution in [0.15, 0.2) is 109 Å². The molecular formula is C40H48F2O4. The topological polar surface area (TPSA) is 58.9 Å². The van der Waals surface area contributed by atoms with Gasteiger partial charge in [0.1, 0.15) is 22.8 Å². The average Bonchev–Trinajstić information content (AvgIpc) is 3.05. The van der Waals surface area contributed by atoms with Crippen LogP contribution >= 0.6 is 0 Å². The Morgan fingerprint density at radius 1 is 0.674 bits per heavy atom. The van der Waals surface area contributed by atoms with E-state index < -0.39 is 23.4 Å². The molecule has 0 heterocycles. The lowest BCUT2D eigenvalue weighted by atomic mass is 9.79. The molecule has 0 unspecified atom stereocenters. The van der Waals surface area contributed by atoms with E-state index in [0.29, 0.717) is 41.0 Å². The number of aliphatic hydroxyl groups is 2. The van der Waals surface area contributed by atoms with Crippen molar-refractivity contribution in [3.63, 3.8) is 0 Å². The summed E-state index contributed by atoms with van der Waals surface area (Å²) in [5, 5.41) is 22.4. The molecule has 0 saturated carbocycles. The molecule has 4 aromatic rings. The minimum absolute atomic E-state index is 0.0712. The molecule has 6 heteroatoms. The van der Waals surface area contributed by atoms with Crippen LogP contribution in [0.1, 0.15) is 68.0 Å². The second-order valence-corrected chi connectivity index (χ2v) is 12.3. The van der Waals surface area contributed by atoms with E-state index >= 15 is 0 Å². The number of ether oxygens (including phenoxy) is 2. The summed E-state index contributed by atoms with van der Waals surface area (Å²) in [7, 11) is 0. The Morgan fingerprint density at radius 2 is 1.09 bits per heavy atom. The van der Waals surface area contributed by atoms with Crippen LogP contribution in [0.25, 0.3) is 0 Å². The number of hydrogen-bond acceptors (Lipinski definition) is 4. The smallest absolute Gasteiger partial charge is 0.136 e. The van der Waals surface area contributed by atoms with E-state index in [-0.39, 0.29) is 17.6 Å². The standard InChI is InChI=1S/C20H25FO2.C20H23FO2/c2*1-14(2)20(22,18-10-11-19(21)15(3)12-18)16(4)23-13-17-8-6-5-7-9-17/h5-12,14,16,22H,13H2,1-4H3;5-12,16,22H,1,13H2,2-4H3/t2*16-,20-/m00/s1. The van der Waals surface area contributed by atoms with Crippen molar-refractivity contribution in [2.45, 2.75) is 85.1 Å². The van der Waals surface area contributed by atoms with E-state index in [1.807, 2.05) is 81.4 Å². The van der Waals surface area contributed by atoms with Crippen molar-refractivity contribution in [2.24, 2.45) is 5.92 Å². The second kappa shape index (κ2) is 16.2. The fourth-order valence-corrected chi connectivity index (χ4v) is 5.48. The number of rotatable bonds is 12. The lowest BCUT2D eigenvalue weighted by molar-refractivity contribution is -0.137. The van der Waals surface area contributed by atoms with Crippen LogP contribution in [0, 0.1) is 31.4 Å². The van der Waals surface area contributed by atoms with Crippen LogP contribution in [0.3, 0.4) is 0 Å². The Kier molecular flexibility index (Phi) is 13.0. The Balaban J connectivity index is 0.000000250. The molecule has 4 atom stereocenters. The highest BCUT2D eigenvalue weighted by atomic mass is 19.1. The summed E-state index contributed by atoms with van der Waals surface area (Å²) in [6, 6.07) is 29.0. The Labute approximate surface area is 273 Å². The van der Waals surface area contributed by atoms with Gasteiger partial charge in [-0.15, -0.1) is 0 Å². The van der Waals surface area contributed by atoms with Crippen LogP contribution < -0.4 is 0 Å². The first-order chi connectivity index (χ1) is 21.7. The van der Waals surface area contributed by atoms with E-state index in [0.717, 1.165) is 11.1 Å². The Bertz CT molecular complexity index is 1560. The average molecular weight is 631 g/mol. The molecule has 0 aromatic heterocycles. The number of hydrogen-bond donors (Lipinski definition) is 2. The van der Waals surface area contributed by atoms with Crippen molar-refractivity contribution in [1.29, 1.82) is 0 Å². The number of aryl methyl sites for hydroxylation is 2. The summed E-state index contributed by atoms with van der Waals surface area (Å²) >= 11 is 0. The van der Waals surface area contributed by atoms with Gasteiger partial charge in [0.25, 0.3) is 0 Å². The van der Waals surface area contributed by atoms with Gasteiger partial charge >= 0.3 is 0 Å². The maximum absolute atomic E-state index is 13.5. The van der Waals surface area contributed by atoms with Gasteiger partial charge in [0.15, 0.2) is 0 Å². The van der Waals surface area contributed by atoms with Crippen molar-refractivity contribution < 1.29 is 28.5 Å². The van der Waals surface area contributed by atoms with Gasteiger partial charge in [0, 0.05) is 0 Å². The normalized spacial score (nSPS) is 15.2. The second-order valence-electron chi connectivity index (χ2n) is 12.3. The third-order valence-electron chi connectivity index (χ3n) is 8.64. The molecule has 0 spiro atoms. The fraction of sp³-hybridized carbons (Fsp3) is 0.350. The van der Waals surface area contributed by atoms with E-state index in [1.165, 1.54) is 12.1 Å². The molecule has 0 aliphatic rings. The Morgan fingerprint density at radius 3 is 1.50 bits per heavy atom. The van der Waals surface area contributed by atoms with Crippen LogP contribution in [0.5, 0.6) is 0 Å². The predicted molar refractivity (Wildman–Crippen MR) is 181 cm³/mol. The predicted octanol–water partition coefficient (Wildman–Crippen LogP) is 9.09. The summed E-state index contributed by atoms with van der Waals surface area (Å²) < 4.78 is 38.9. The van der Waals surface area contributed by atoms with Crippen molar-refractivity contribution >= 4 is 0 Å². The monoisotopic (exact) mass is 630 g/mol. The zero-order valence-corrected chi connectivity index (χ0v) is 28.1. The van der Waals surface area contributed by atoms with Gasteiger partial charge in [-0.25, -0.2) is 8.78 Å². The number of halogens is 2. The molecule has 46 heavy (non-hydrogen) atoms. The van der Waals surface area contributed by atoms with Crippen molar-refractivity contribution in [2.75, 3.05) is 0 Å². The molecule has 4 rings (SSSR count). The van der Waals surface area contributed by atoms with Gasteiger partial charge in [0.05, 0.1) is 25.4 Å². The minimum Gasteiger partial charge on any atom is -0.382 e. The van der Waals surface area contributed by atoms with Crippen LogP contribution in [-0.4, -0.2) is 22.4 Å². The van der Waals surface area contributed by atoms with Crippen molar-refractivity contribution in [3.8, 4) is 0 Å². The van der Waals surface area contributed by atoms with Crippen LogP contribution in [0.4, 0.5) is 8.78 Å². The molecule has 4 nitrogen and oxygen atoms in total. The lowest BCUT2D eigenvalue weighted by Gasteiger charge is -2.38. The molecule has 0 amide bonds. The van der Waals surface area contributed by atoms with Gasteiger partial charge in [-0.05, 0) is 97.7 Å². The van der Waals surface area contributed by atoms with Crippen molar-refractivity contribution in [1.82, 2.24) is 0 Å². The van der Waals surface area contributed by atoms with Gasteiger partial charge in [0.2, 0.25) is 0 Å². The Hall–Kier alpha value is -3.68. The SMILES string of the molecule is C=C(C)[C@@](O)(c1ccc(F)c(C)c1)[C@H](C)OCc1ccccc1.Cc1cc([C@](O)(C(C)C)[C@H](C)OCc2ccccc2)ccc1F. The number of benzene rings is 4. The first-order valence-electron chi connectivity index (χ1n) is 15.7. The molecule has 0 bridgehead atoms. The zero-order chi connectivity index (χ0) is 34.1. The van der Waals surface area contributed by atoms with E-state index in [2.05, 4.69) is 6.58 Å². The summed E-state index contributed by atoms with van der Waals surface area (Å²) in [5.74, 6) is -0.633. The highest BCUT2D eigenvalue weighted by Crippen LogP contribution is 2.36. The molecular weight excluding hydrogens is 582 g/mol. The summed E-state index contributed by atoms with van der Waals surface area (Å²) in [5.41, 5.74) is 2.38. The molecule has 0 radical (unpaired) electrons. The van der Waals surface area contributed by atoms with E-state index in [4.69, 9.17) is 9.47 Å². The molecule has 0 aliphatic heterocycles. The van der Waals surface area contributed by atoms with Gasteiger partial charge in [-0.3, -0.25) is 0 Å². The first kappa shape index (κ1) is 36.8. The molecule has 246 valence electrons. The van der Waals surface area contributed by atoms with Crippen LogP contribution in [-0.2, 0) is 33.9 Å². The molecule has 0 saturated heterocycles. The molecule has 0 fully saturated rings. The van der Waals surface area contributed by atoms with Gasteiger partial charge in [-0.2, -0.15) is 0 Å². The highest BCUT2D eigenvalue weighted by molar-refractivity contribution is 5.36. The largest absolute Gasteiger partial charge is 0.382 e. The summed E-state index contributed by atoms with van der Waals surface area (Å²) in [6.45, 7) is 17.4. The van der Waals surface area contributed by atoms with Crippen LogP contribution in [0.2, 0.25) is 0 Å². The maximum atomic E-state index is 13.5. The summed E-state index contributed by atoms with van der Waals surface area (Å²) in [4.78, 5) is 0. The molecule has 0 aliphatic carbocycles. The molecule has 4 aromatic carbocycles. The van der Waals surface area contributed by atoms with Crippen molar-refractivity contribution in [3.05, 3.63) is 154 Å². The van der Waals surface area contributed by atoms with Gasteiger partial charge < -0.3 is 19.7 Å². The third kappa shape index (κ3) is 8.77. The van der Waals surface area contributed by atoms with Gasteiger partial charge in [-0.1, -0.05) is 99.3 Å². The minimum atomic E-state index is -1.37. The maximum Gasteiger partial charge on any atom is 0.136 e. The third-order valence-corrected chi connectivity index (χ3v) is 8.64. The highest BCUT2D eigenvalue weighted by Gasteiger charge is 2.40. The quantitative estimate of drug-likeness (QED) is 0.153. The zero-order valence-electron chi connectivity index (χ0n) is 28.1.